The van der Waals surface area contributed by atoms with Gasteiger partial charge in [-0.1, -0.05) is 12.1 Å². The third kappa shape index (κ3) is 4.19. The first-order chi connectivity index (χ1) is 16.1. The number of hydrogen-bond donors (Lipinski definition) is 0. The molecule has 0 amide bonds. The van der Waals surface area contributed by atoms with Crippen LogP contribution < -0.4 is 16.0 Å². The monoisotopic (exact) mass is 491 g/mol. The number of methoxy groups -OCH3 is 1. The Balaban J connectivity index is 1.85. The van der Waals surface area contributed by atoms with Gasteiger partial charge in [0.05, 0.1) is 23.2 Å². The second-order valence-electron chi connectivity index (χ2n) is 7.12. The predicted molar refractivity (Wildman–Crippen MR) is 118 cm³/mol. The maximum absolute atomic E-state index is 13.2. The van der Waals surface area contributed by atoms with E-state index in [-0.39, 0.29) is 12.3 Å². The fourth-order valence-corrected chi connectivity index (χ4v) is 4.15. The van der Waals surface area contributed by atoms with E-state index in [1.54, 1.807) is 30.3 Å². The molecule has 0 atom stereocenters. The van der Waals surface area contributed by atoms with Crippen molar-refractivity contribution < 1.29 is 27.4 Å². The Morgan fingerprint density at radius 2 is 1.85 bits per heavy atom. The van der Waals surface area contributed by atoms with Gasteiger partial charge in [-0.25, -0.2) is 14.2 Å². The quantitative estimate of drug-likeness (QED) is 0.398. The summed E-state index contributed by atoms with van der Waals surface area (Å²) in [6.45, 7) is -0.322. The molecular formula is C22H16F3N3O5S. The van der Waals surface area contributed by atoms with E-state index in [1.807, 2.05) is 0 Å². The lowest BCUT2D eigenvalue weighted by Gasteiger charge is -2.14. The Kier molecular flexibility index (Phi) is 6.00. The van der Waals surface area contributed by atoms with Gasteiger partial charge >= 0.3 is 17.8 Å². The molecular weight excluding hydrogens is 475 g/mol. The summed E-state index contributed by atoms with van der Waals surface area (Å²) in [5.74, 6) is -0.217. The first kappa shape index (κ1) is 23.2. The van der Waals surface area contributed by atoms with Crippen LogP contribution in [0.1, 0.15) is 5.69 Å². The van der Waals surface area contributed by atoms with Crippen molar-refractivity contribution >= 4 is 27.6 Å². The number of benzene rings is 2. The number of alkyl halides is 3. The molecule has 0 spiro atoms. The van der Waals surface area contributed by atoms with Crippen molar-refractivity contribution in [2.45, 2.75) is 6.18 Å². The van der Waals surface area contributed by atoms with Crippen molar-refractivity contribution in [1.82, 2.24) is 13.5 Å². The van der Waals surface area contributed by atoms with Crippen molar-refractivity contribution in [3.8, 4) is 22.7 Å². The normalized spacial score (nSPS) is 11.6. The first-order valence-electron chi connectivity index (χ1n) is 9.71. The van der Waals surface area contributed by atoms with Crippen LogP contribution in [-0.2, 0) is 22.8 Å². The molecule has 0 aliphatic heterocycles. The molecule has 0 aliphatic carbocycles. The molecule has 0 aliphatic rings. The number of esters is 1. The molecule has 0 N–H and O–H groups in total. The fourth-order valence-electron chi connectivity index (χ4n) is 3.38. The van der Waals surface area contributed by atoms with E-state index in [4.69, 9.17) is 4.74 Å². The highest BCUT2D eigenvalue weighted by Gasteiger charge is 2.35. The third-order valence-corrected chi connectivity index (χ3v) is 5.86. The maximum atomic E-state index is 13.2. The summed E-state index contributed by atoms with van der Waals surface area (Å²) in [6.07, 6.45) is -4.85. The van der Waals surface area contributed by atoms with Crippen LogP contribution in [0.25, 0.3) is 27.0 Å². The highest BCUT2D eigenvalue weighted by atomic mass is 32.1. The number of halogens is 3. The molecule has 2 aromatic heterocycles. The van der Waals surface area contributed by atoms with Crippen LogP contribution in [0, 0.1) is 0 Å². The number of hydrogen-bond acceptors (Lipinski definition) is 7. The number of nitrogens with zero attached hydrogens (tertiary/aromatic N) is 3. The summed E-state index contributed by atoms with van der Waals surface area (Å²) in [7, 11) is 2.19. The van der Waals surface area contributed by atoms with Crippen LogP contribution in [0.5, 0.6) is 5.75 Å². The van der Waals surface area contributed by atoms with Gasteiger partial charge in [0.2, 0.25) is 0 Å². The van der Waals surface area contributed by atoms with E-state index in [0.29, 0.717) is 42.3 Å². The second kappa shape index (κ2) is 8.78. The number of aromatic nitrogens is 3. The lowest BCUT2D eigenvalue weighted by molar-refractivity contribution is -0.144. The summed E-state index contributed by atoms with van der Waals surface area (Å²) >= 11 is 1.15. The van der Waals surface area contributed by atoms with Crippen molar-refractivity contribution in [3.63, 3.8) is 0 Å². The van der Waals surface area contributed by atoms with Crippen LogP contribution in [0.4, 0.5) is 13.2 Å². The zero-order valence-electron chi connectivity index (χ0n) is 17.8. The summed E-state index contributed by atoms with van der Waals surface area (Å²) in [5.41, 5.74) is -2.50. The third-order valence-electron chi connectivity index (χ3n) is 5.04. The average Bonchev–Trinajstić information content (AvgIpc) is 3.22. The van der Waals surface area contributed by atoms with Gasteiger partial charge in [-0.15, -0.1) is 0 Å². The van der Waals surface area contributed by atoms with Crippen molar-refractivity contribution in [2.75, 3.05) is 13.7 Å². The molecule has 0 saturated carbocycles. The number of ether oxygens (including phenoxy) is 2. The van der Waals surface area contributed by atoms with Gasteiger partial charge in [-0.05, 0) is 41.9 Å². The Hall–Kier alpha value is -3.93. The standard InChI is InChI=1S/C22H16F3N3O5S/c1-27-17(22(23,24)25)10-18(29)28(21(27)31)12-7-8-16-14(9-12)20(26-34-16)13-5-3-4-6-15(13)33-11-19(30)32-2/h3-10H,11H2,1-2H3. The van der Waals surface area contributed by atoms with Crippen LogP contribution in [0.3, 0.4) is 0 Å². The highest BCUT2D eigenvalue weighted by Crippen LogP contribution is 2.37. The van der Waals surface area contributed by atoms with Gasteiger partial charge in [0, 0.05) is 24.1 Å². The summed E-state index contributed by atoms with van der Waals surface area (Å²) in [4.78, 5) is 36.6. The Bertz CT molecular complexity index is 1520. The number of carbonyl (C=O) groups is 1. The lowest BCUT2D eigenvalue weighted by atomic mass is 10.1. The fraction of sp³-hybridized carbons (Fsp3) is 0.182. The van der Waals surface area contributed by atoms with Crippen LogP contribution in [-0.4, -0.2) is 33.2 Å². The van der Waals surface area contributed by atoms with Gasteiger partial charge in [0.15, 0.2) is 6.61 Å². The first-order valence-corrected chi connectivity index (χ1v) is 10.5. The molecule has 8 nitrogen and oxygen atoms in total. The smallest absolute Gasteiger partial charge is 0.431 e. The number of rotatable bonds is 5. The van der Waals surface area contributed by atoms with Gasteiger partial charge in [0.25, 0.3) is 5.56 Å². The van der Waals surface area contributed by atoms with Crippen LogP contribution in [0.15, 0.2) is 58.1 Å². The van der Waals surface area contributed by atoms with Crippen molar-refractivity contribution in [3.05, 3.63) is 75.1 Å². The highest BCUT2D eigenvalue weighted by molar-refractivity contribution is 7.13. The second-order valence-corrected chi connectivity index (χ2v) is 7.92. The van der Waals surface area contributed by atoms with Crippen LogP contribution in [0.2, 0.25) is 0 Å². The van der Waals surface area contributed by atoms with Crippen molar-refractivity contribution in [2.24, 2.45) is 7.05 Å². The summed E-state index contributed by atoms with van der Waals surface area (Å²) in [6, 6.07) is 11.8. The zero-order valence-corrected chi connectivity index (χ0v) is 18.6. The maximum Gasteiger partial charge on any atom is 0.431 e. The van der Waals surface area contributed by atoms with E-state index in [1.165, 1.54) is 19.2 Å². The Morgan fingerprint density at radius 3 is 2.56 bits per heavy atom. The predicted octanol–water partition coefficient (Wildman–Crippen LogP) is 3.38. The molecule has 0 radical (unpaired) electrons. The minimum atomic E-state index is -4.85. The molecule has 34 heavy (non-hydrogen) atoms. The molecule has 2 heterocycles. The van der Waals surface area contributed by atoms with Gasteiger partial charge < -0.3 is 9.47 Å². The van der Waals surface area contributed by atoms with E-state index >= 15 is 0 Å². The topological polar surface area (TPSA) is 92.4 Å². The number of para-hydroxylation sites is 1. The molecule has 12 heteroatoms. The minimum Gasteiger partial charge on any atom is -0.481 e. The van der Waals surface area contributed by atoms with E-state index in [9.17, 15) is 27.6 Å². The molecule has 0 bridgehead atoms. The van der Waals surface area contributed by atoms with E-state index in [2.05, 4.69) is 9.11 Å². The Morgan fingerprint density at radius 1 is 1.12 bits per heavy atom. The van der Waals surface area contributed by atoms with Gasteiger partial charge in [0.1, 0.15) is 11.4 Å². The molecule has 0 fully saturated rings. The largest absolute Gasteiger partial charge is 0.481 e. The SMILES string of the molecule is COC(=O)COc1ccccc1-c1nsc2ccc(-n3c(=O)cc(C(F)(F)F)n(C)c3=O)cc12. The molecule has 176 valence electrons. The van der Waals surface area contributed by atoms with Crippen LogP contribution >= 0.6 is 11.5 Å². The van der Waals surface area contributed by atoms with Gasteiger partial charge in [-0.3, -0.25) is 9.36 Å². The van der Waals surface area contributed by atoms with E-state index < -0.39 is 29.1 Å². The summed E-state index contributed by atoms with van der Waals surface area (Å²) < 4.78 is 55.8. The minimum absolute atomic E-state index is 0.0845. The number of carbonyl (C=O) groups excluding carboxylic acids is 1. The molecule has 4 aromatic rings. The van der Waals surface area contributed by atoms with E-state index in [0.717, 1.165) is 18.6 Å². The number of fused-ring (bicyclic) bond motifs is 1. The Labute approximate surface area is 193 Å². The van der Waals surface area contributed by atoms with Gasteiger partial charge in [-0.2, -0.15) is 17.5 Å². The zero-order chi connectivity index (χ0) is 24.6. The molecule has 4 rings (SSSR count). The molecule has 2 aromatic carbocycles. The molecule has 0 saturated heterocycles. The summed E-state index contributed by atoms with van der Waals surface area (Å²) in [5, 5.41) is 0.547. The average molecular weight is 491 g/mol. The lowest BCUT2D eigenvalue weighted by Crippen LogP contribution is -2.40. The van der Waals surface area contributed by atoms with Crippen molar-refractivity contribution in [1.29, 1.82) is 0 Å². The molecule has 0 unspecified atom stereocenters.